The van der Waals surface area contributed by atoms with Gasteiger partial charge in [0.15, 0.2) is 0 Å². The second-order valence-electron chi connectivity index (χ2n) is 4.24. The first-order chi connectivity index (χ1) is 7.38. The van der Waals surface area contributed by atoms with Crippen LogP contribution in [0.15, 0.2) is 30.3 Å². The van der Waals surface area contributed by atoms with Crippen LogP contribution in [-0.4, -0.2) is 30.6 Å². The standard InChI is InChI=1S/C13H20N2/c1-2-15-10-6-9-13(11-15)14-12-7-4-3-5-8-12/h3-5,7-8,13-14H,2,6,9-11H2,1H3. The Hall–Kier alpha value is -1.02. The van der Waals surface area contributed by atoms with E-state index in [-0.39, 0.29) is 0 Å². The highest BCUT2D eigenvalue weighted by Crippen LogP contribution is 2.15. The van der Waals surface area contributed by atoms with Crippen LogP contribution in [0, 0.1) is 0 Å². The summed E-state index contributed by atoms with van der Waals surface area (Å²) in [6, 6.07) is 11.1. The summed E-state index contributed by atoms with van der Waals surface area (Å²) in [6.07, 6.45) is 2.61. The van der Waals surface area contributed by atoms with Crippen LogP contribution in [0.25, 0.3) is 0 Å². The molecular formula is C13H20N2. The molecule has 0 bridgehead atoms. The predicted molar refractivity (Wildman–Crippen MR) is 65.2 cm³/mol. The zero-order valence-electron chi connectivity index (χ0n) is 9.45. The number of para-hydroxylation sites is 1. The van der Waals surface area contributed by atoms with Crippen molar-refractivity contribution in [2.24, 2.45) is 0 Å². The van der Waals surface area contributed by atoms with Gasteiger partial charge in [0, 0.05) is 18.3 Å². The number of hydrogen-bond acceptors (Lipinski definition) is 2. The van der Waals surface area contributed by atoms with E-state index >= 15 is 0 Å². The van der Waals surface area contributed by atoms with Crippen LogP contribution in [-0.2, 0) is 0 Å². The lowest BCUT2D eigenvalue weighted by atomic mass is 10.1. The highest BCUT2D eigenvalue weighted by Gasteiger charge is 2.17. The van der Waals surface area contributed by atoms with E-state index in [2.05, 4.69) is 47.5 Å². The van der Waals surface area contributed by atoms with Crippen molar-refractivity contribution in [2.45, 2.75) is 25.8 Å². The minimum Gasteiger partial charge on any atom is -0.381 e. The van der Waals surface area contributed by atoms with Crippen LogP contribution < -0.4 is 5.32 Å². The summed E-state index contributed by atoms with van der Waals surface area (Å²) in [5, 5.41) is 3.60. The Balaban J connectivity index is 1.89. The maximum atomic E-state index is 3.60. The molecule has 2 rings (SSSR count). The summed E-state index contributed by atoms with van der Waals surface area (Å²) in [4.78, 5) is 2.52. The monoisotopic (exact) mass is 204 g/mol. The first-order valence-corrected chi connectivity index (χ1v) is 5.92. The van der Waals surface area contributed by atoms with E-state index in [1.165, 1.54) is 38.2 Å². The van der Waals surface area contributed by atoms with Gasteiger partial charge in [0.05, 0.1) is 0 Å². The van der Waals surface area contributed by atoms with Crippen LogP contribution in [0.5, 0.6) is 0 Å². The van der Waals surface area contributed by atoms with Crippen molar-refractivity contribution in [3.63, 3.8) is 0 Å². The lowest BCUT2D eigenvalue weighted by Crippen LogP contribution is -2.41. The van der Waals surface area contributed by atoms with Crippen molar-refractivity contribution < 1.29 is 0 Å². The summed E-state index contributed by atoms with van der Waals surface area (Å²) in [7, 11) is 0. The lowest BCUT2D eigenvalue weighted by Gasteiger charge is -2.32. The van der Waals surface area contributed by atoms with Gasteiger partial charge in [0.25, 0.3) is 0 Å². The summed E-state index contributed by atoms with van der Waals surface area (Å²) in [5.74, 6) is 0. The molecule has 1 unspecified atom stereocenters. The normalized spacial score (nSPS) is 22.6. The first kappa shape index (κ1) is 10.5. The largest absolute Gasteiger partial charge is 0.381 e. The molecule has 1 aromatic carbocycles. The number of nitrogens with one attached hydrogen (secondary N) is 1. The molecule has 15 heavy (non-hydrogen) atoms. The number of likely N-dealkylation sites (tertiary alicyclic amines) is 1. The maximum absolute atomic E-state index is 3.60. The molecule has 2 heteroatoms. The molecule has 1 atom stereocenters. The number of benzene rings is 1. The van der Waals surface area contributed by atoms with Gasteiger partial charge >= 0.3 is 0 Å². The van der Waals surface area contributed by atoms with E-state index in [0.29, 0.717) is 6.04 Å². The van der Waals surface area contributed by atoms with Crippen molar-refractivity contribution >= 4 is 5.69 Å². The average Bonchev–Trinajstić information content (AvgIpc) is 2.31. The smallest absolute Gasteiger partial charge is 0.0388 e. The molecule has 0 saturated carbocycles. The van der Waals surface area contributed by atoms with Crippen LogP contribution in [0.2, 0.25) is 0 Å². The van der Waals surface area contributed by atoms with Crippen LogP contribution in [0.3, 0.4) is 0 Å². The average molecular weight is 204 g/mol. The summed E-state index contributed by atoms with van der Waals surface area (Å²) in [5.41, 5.74) is 1.25. The second-order valence-corrected chi connectivity index (χ2v) is 4.24. The van der Waals surface area contributed by atoms with Gasteiger partial charge in [-0.25, -0.2) is 0 Å². The van der Waals surface area contributed by atoms with Gasteiger partial charge in [0.2, 0.25) is 0 Å². The van der Waals surface area contributed by atoms with Crippen molar-refractivity contribution in [3.8, 4) is 0 Å². The minimum atomic E-state index is 0.626. The molecule has 0 aliphatic carbocycles. The fourth-order valence-corrected chi connectivity index (χ4v) is 2.23. The Bertz CT molecular complexity index is 284. The van der Waals surface area contributed by atoms with Crippen molar-refractivity contribution in [2.75, 3.05) is 25.0 Å². The zero-order valence-corrected chi connectivity index (χ0v) is 9.45. The van der Waals surface area contributed by atoms with Crippen LogP contribution >= 0.6 is 0 Å². The molecule has 1 fully saturated rings. The van der Waals surface area contributed by atoms with Gasteiger partial charge in [-0.2, -0.15) is 0 Å². The van der Waals surface area contributed by atoms with Crippen molar-refractivity contribution in [3.05, 3.63) is 30.3 Å². The zero-order chi connectivity index (χ0) is 10.5. The van der Waals surface area contributed by atoms with Gasteiger partial charge in [-0.1, -0.05) is 25.1 Å². The van der Waals surface area contributed by atoms with E-state index in [0.717, 1.165) is 0 Å². The first-order valence-electron chi connectivity index (χ1n) is 5.92. The number of rotatable bonds is 3. The Kier molecular flexibility index (Phi) is 3.62. The molecule has 0 amide bonds. The number of piperidine rings is 1. The van der Waals surface area contributed by atoms with E-state index < -0.39 is 0 Å². The molecule has 1 aliphatic rings. The van der Waals surface area contributed by atoms with Crippen LogP contribution in [0.1, 0.15) is 19.8 Å². The van der Waals surface area contributed by atoms with Crippen molar-refractivity contribution in [1.82, 2.24) is 4.90 Å². The van der Waals surface area contributed by atoms with Gasteiger partial charge in [0.1, 0.15) is 0 Å². The molecular weight excluding hydrogens is 184 g/mol. The third kappa shape index (κ3) is 2.96. The fourth-order valence-electron chi connectivity index (χ4n) is 2.23. The van der Waals surface area contributed by atoms with Crippen molar-refractivity contribution in [1.29, 1.82) is 0 Å². The minimum absolute atomic E-state index is 0.626. The molecule has 1 aliphatic heterocycles. The molecule has 82 valence electrons. The SMILES string of the molecule is CCN1CCCC(Nc2ccccc2)C1. The Morgan fingerprint density at radius 2 is 2.13 bits per heavy atom. The van der Waals surface area contributed by atoms with Gasteiger partial charge in [-0.15, -0.1) is 0 Å². The molecule has 0 radical (unpaired) electrons. The summed E-state index contributed by atoms with van der Waals surface area (Å²) in [6.45, 7) is 5.87. The van der Waals surface area contributed by atoms with Gasteiger partial charge in [-0.3, -0.25) is 0 Å². The Morgan fingerprint density at radius 1 is 1.33 bits per heavy atom. The molecule has 1 saturated heterocycles. The van der Waals surface area contributed by atoms with E-state index in [1.807, 2.05) is 0 Å². The molecule has 1 aromatic rings. The third-order valence-electron chi connectivity index (χ3n) is 3.10. The summed E-state index contributed by atoms with van der Waals surface area (Å²) < 4.78 is 0. The Labute approximate surface area is 92.3 Å². The Morgan fingerprint density at radius 3 is 2.87 bits per heavy atom. The lowest BCUT2D eigenvalue weighted by molar-refractivity contribution is 0.227. The maximum Gasteiger partial charge on any atom is 0.0388 e. The third-order valence-corrected chi connectivity index (χ3v) is 3.10. The van der Waals surface area contributed by atoms with Gasteiger partial charge < -0.3 is 10.2 Å². The topological polar surface area (TPSA) is 15.3 Å². The summed E-state index contributed by atoms with van der Waals surface area (Å²) >= 11 is 0. The molecule has 2 nitrogen and oxygen atoms in total. The van der Waals surface area contributed by atoms with E-state index in [4.69, 9.17) is 0 Å². The predicted octanol–water partition coefficient (Wildman–Crippen LogP) is 2.58. The number of nitrogens with zero attached hydrogens (tertiary/aromatic N) is 1. The van der Waals surface area contributed by atoms with E-state index in [9.17, 15) is 0 Å². The fraction of sp³-hybridized carbons (Fsp3) is 0.538. The van der Waals surface area contributed by atoms with Gasteiger partial charge in [-0.05, 0) is 38.1 Å². The number of anilines is 1. The second kappa shape index (κ2) is 5.17. The molecule has 0 aromatic heterocycles. The van der Waals surface area contributed by atoms with E-state index in [1.54, 1.807) is 0 Å². The highest BCUT2D eigenvalue weighted by molar-refractivity contribution is 5.43. The number of hydrogen-bond donors (Lipinski definition) is 1. The number of likely N-dealkylation sites (N-methyl/N-ethyl adjacent to an activating group) is 1. The molecule has 0 spiro atoms. The molecule has 1 heterocycles. The van der Waals surface area contributed by atoms with Crippen LogP contribution in [0.4, 0.5) is 5.69 Å². The highest BCUT2D eigenvalue weighted by atomic mass is 15.2. The quantitative estimate of drug-likeness (QED) is 0.814. The molecule has 1 N–H and O–H groups in total.